The van der Waals surface area contributed by atoms with Crippen LogP contribution in [0.1, 0.15) is 5.56 Å². The molecular weight excluding hydrogens is 509 g/mol. The fourth-order valence-corrected chi connectivity index (χ4v) is 4.19. The predicted molar refractivity (Wildman–Crippen MR) is 140 cm³/mol. The van der Waals surface area contributed by atoms with Crippen LogP contribution in [-0.4, -0.2) is 29.4 Å². The van der Waals surface area contributed by atoms with Crippen molar-refractivity contribution in [2.24, 2.45) is 0 Å². The second-order valence-electron chi connectivity index (χ2n) is 7.31. The third-order valence-corrected chi connectivity index (χ3v) is 5.70. The second-order valence-corrected chi connectivity index (χ2v) is 8.51. The van der Waals surface area contributed by atoms with E-state index in [2.05, 4.69) is 10.6 Å². The van der Waals surface area contributed by atoms with Gasteiger partial charge in [0.05, 0.1) is 15.7 Å². The van der Waals surface area contributed by atoms with Crippen LogP contribution in [0.25, 0.3) is 6.08 Å². The van der Waals surface area contributed by atoms with Gasteiger partial charge in [0.1, 0.15) is 5.57 Å². The van der Waals surface area contributed by atoms with Crippen molar-refractivity contribution in [3.63, 3.8) is 0 Å². The first-order valence-corrected chi connectivity index (χ1v) is 11.4. The SMILES string of the molecule is O=C(COc1c(Cl)cc(/C=C2/C(=O)NC(=S)N(c3ccccc3)C2=O)cc1Cl)Nc1ccccc1. The van der Waals surface area contributed by atoms with E-state index < -0.39 is 17.7 Å². The Kier molecular flexibility index (Phi) is 7.45. The molecule has 0 radical (unpaired) electrons. The maximum atomic E-state index is 13.1. The average Bonchev–Trinajstić information content (AvgIpc) is 2.82. The summed E-state index contributed by atoms with van der Waals surface area (Å²) in [4.78, 5) is 39.0. The van der Waals surface area contributed by atoms with Gasteiger partial charge in [-0.25, -0.2) is 0 Å². The van der Waals surface area contributed by atoms with Gasteiger partial charge < -0.3 is 10.1 Å². The molecule has 1 heterocycles. The van der Waals surface area contributed by atoms with Crippen molar-refractivity contribution < 1.29 is 19.1 Å². The summed E-state index contributed by atoms with van der Waals surface area (Å²) in [5.41, 5.74) is 1.38. The quantitative estimate of drug-likeness (QED) is 0.273. The van der Waals surface area contributed by atoms with E-state index >= 15 is 0 Å². The summed E-state index contributed by atoms with van der Waals surface area (Å²) in [6, 6.07) is 20.6. The van der Waals surface area contributed by atoms with Crippen molar-refractivity contribution >= 4 is 75.7 Å². The summed E-state index contributed by atoms with van der Waals surface area (Å²) in [6.07, 6.45) is 1.36. The standard InChI is InChI=1S/C25H17Cl2N3O4S/c26-19-12-15(13-20(27)22(19)34-14-21(31)28-16-7-3-1-4-8-16)11-18-23(32)29-25(35)30(24(18)33)17-9-5-2-6-10-17/h1-13H,14H2,(H,28,31)(H,29,32,35)/b18-11-. The maximum Gasteiger partial charge on any atom is 0.270 e. The largest absolute Gasteiger partial charge is 0.481 e. The van der Waals surface area contributed by atoms with Crippen LogP contribution in [-0.2, 0) is 14.4 Å². The van der Waals surface area contributed by atoms with E-state index in [-0.39, 0.29) is 33.1 Å². The van der Waals surface area contributed by atoms with E-state index in [0.29, 0.717) is 16.9 Å². The van der Waals surface area contributed by atoms with Crippen LogP contribution in [0.3, 0.4) is 0 Å². The summed E-state index contributed by atoms with van der Waals surface area (Å²) < 4.78 is 5.51. The molecule has 0 unspecified atom stereocenters. The molecular formula is C25H17Cl2N3O4S. The lowest BCUT2D eigenvalue weighted by Gasteiger charge is -2.28. The third kappa shape index (κ3) is 5.68. The second kappa shape index (κ2) is 10.7. The summed E-state index contributed by atoms with van der Waals surface area (Å²) in [5.74, 6) is -1.52. The molecule has 0 spiro atoms. The number of carbonyl (C=O) groups is 3. The lowest BCUT2D eigenvalue weighted by atomic mass is 10.1. The minimum absolute atomic E-state index is 0.0167. The lowest BCUT2D eigenvalue weighted by molar-refractivity contribution is -0.122. The Morgan fingerprint density at radius 1 is 1.00 bits per heavy atom. The zero-order chi connectivity index (χ0) is 24.9. The number of hydrogen-bond donors (Lipinski definition) is 2. The minimum Gasteiger partial charge on any atom is -0.481 e. The van der Waals surface area contributed by atoms with Gasteiger partial charge in [-0.3, -0.25) is 24.6 Å². The highest BCUT2D eigenvalue weighted by Crippen LogP contribution is 2.35. The van der Waals surface area contributed by atoms with Crippen molar-refractivity contribution in [1.29, 1.82) is 0 Å². The molecule has 0 aliphatic carbocycles. The predicted octanol–water partition coefficient (Wildman–Crippen LogP) is 4.84. The molecule has 176 valence electrons. The highest BCUT2D eigenvalue weighted by Gasteiger charge is 2.34. The molecule has 7 nitrogen and oxygen atoms in total. The van der Waals surface area contributed by atoms with Gasteiger partial charge in [-0.2, -0.15) is 0 Å². The van der Waals surface area contributed by atoms with Crippen LogP contribution in [0.4, 0.5) is 11.4 Å². The number of nitrogens with one attached hydrogen (secondary N) is 2. The Labute approximate surface area is 216 Å². The van der Waals surface area contributed by atoms with E-state index in [1.807, 2.05) is 6.07 Å². The first-order chi connectivity index (χ1) is 16.8. The molecule has 1 saturated heterocycles. The average molecular weight is 526 g/mol. The van der Waals surface area contributed by atoms with Crippen LogP contribution in [0.5, 0.6) is 5.75 Å². The van der Waals surface area contributed by atoms with Gasteiger partial charge in [-0.1, -0.05) is 59.6 Å². The van der Waals surface area contributed by atoms with Crippen LogP contribution in [0.2, 0.25) is 10.0 Å². The summed E-state index contributed by atoms with van der Waals surface area (Å²) in [7, 11) is 0. The number of hydrogen-bond acceptors (Lipinski definition) is 5. The molecule has 0 bridgehead atoms. The molecule has 0 atom stereocenters. The van der Waals surface area contributed by atoms with Gasteiger partial charge in [0.15, 0.2) is 17.5 Å². The van der Waals surface area contributed by atoms with Gasteiger partial charge >= 0.3 is 0 Å². The van der Waals surface area contributed by atoms with Crippen LogP contribution < -0.4 is 20.3 Å². The Balaban J connectivity index is 1.52. The van der Waals surface area contributed by atoms with E-state index in [1.54, 1.807) is 54.6 Å². The summed E-state index contributed by atoms with van der Waals surface area (Å²) in [5, 5.41) is 5.40. The molecule has 3 aromatic rings. The lowest BCUT2D eigenvalue weighted by Crippen LogP contribution is -2.54. The van der Waals surface area contributed by atoms with E-state index in [9.17, 15) is 14.4 Å². The van der Waals surface area contributed by atoms with Crippen molar-refractivity contribution in [3.05, 3.63) is 94.0 Å². The molecule has 10 heteroatoms. The first kappa shape index (κ1) is 24.4. The molecule has 1 aliphatic heterocycles. The van der Waals surface area contributed by atoms with Crippen LogP contribution in [0, 0.1) is 0 Å². The van der Waals surface area contributed by atoms with Crippen LogP contribution in [0.15, 0.2) is 78.4 Å². The number of benzene rings is 3. The number of carbonyl (C=O) groups excluding carboxylic acids is 3. The zero-order valence-corrected chi connectivity index (χ0v) is 20.3. The molecule has 35 heavy (non-hydrogen) atoms. The normalized spacial score (nSPS) is 14.6. The van der Waals surface area contributed by atoms with Gasteiger partial charge in [0.2, 0.25) is 0 Å². The highest BCUT2D eigenvalue weighted by atomic mass is 35.5. The maximum absolute atomic E-state index is 13.1. The highest BCUT2D eigenvalue weighted by molar-refractivity contribution is 7.80. The number of rotatable bonds is 6. The molecule has 0 saturated carbocycles. The topological polar surface area (TPSA) is 87.7 Å². The molecule has 0 aromatic heterocycles. The van der Waals surface area contributed by atoms with Gasteiger partial charge in [0.25, 0.3) is 17.7 Å². The molecule has 4 rings (SSSR count). The molecule has 1 aliphatic rings. The Bertz CT molecular complexity index is 1320. The van der Waals surface area contributed by atoms with Crippen molar-refractivity contribution in [2.45, 2.75) is 0 Å². The smallest absolute Gasteiger partial charge is 0.270 e. The summed E-state index contributed by atoms with van der Waals surface area (Å²) in [6.45, 7) is -0.320. The number of thiocarbonyl (C=S) groups is 1. The number of amides is 3. The van der Waals surface area contributed by atoms with E-state index in [1.165, 1.54) is 23.1 Å². The number of halogens is 2. The van der Waals surface area contributed by atoms with E-state index in [0.717, 1.165) is 0 Å². The van der Waals surface area contributed by atoms with E-state index in [4.69, 9.17) is 40.2 Å². The van der Waals surface area contributed by atoms with Crippen molar-refractivity contribution in [3.8, 4) is 5.75 Å². The molecule has 3 aromatic carbocycles. The zero-order valence-electron chi connectivity index (χ0n) is 18.0. The third-order valence-electron chi connectivity index (χ3n) is 4.85. The van der Waals surface area contributed by atoms with Crippen molar-refractivity contribution in [1.82, 2.24) is 5.32 Å². The first-order valence-electron chi connectivity index (χ1n) is 10.3. The number of nitrogens with zero attached hydrogens (tertiary/aromatic N) is 1. The monoisotopic (exact) mass is 525 g/mol. The Morgan fingerprint density at radius 2 is 1.60 bits per heavy atom. The van der Waals surface area contributed by atoms with Gasteiger partial charge in [0, 0.05) is 5.69 Å². The fourth-order valence-electron chi connectivity index (χ4n) is 3.29. The minimum atomic E-state index is -0.641. The van der Waals surface area contributed by atoms with Crippen molar-refractivity contribution in [2.75, 3.05) is 16.8 Å². The Morgan fingerprint density at radius 3 is 2.23 bits per heavy atom. The molecule has 3 amide bonds. The molecule has 2 N–H and O–H groups in total. The Hall–Kier alpha value is -3.72. The number of ether oxygens (including phenoxy) is 1. The van der Waals surface area contributed by atoms with Crippen LogP contribution >= 0.6 is 35.4 Å². The van der Waals surface area contributed by atoms with Gasteiger partial charge in [-0.05, 0) is 60.3 Å². The molecule has 1 fully saturated rings. The fraction of sp³-hybridized carbons (Fsp3) is 0.0400. The van der Waals surface area contributed by atoms with Gasteiger partial charge in [-0.15, -0.1) is 0 Å². The summed E-state index contributed by atoms with van der Waals surface area (Å²) >= 11 is 17.8. The number of para-hydroxylation sites is 2. The number of anilines is 2.